The Labute approximate surface area is 139 Å². The Kier molecular flexibility index (Phi) is 4.47. The Morgan fingerprint density at radius 1 is 1.08 bits per heavy atom. The van der Waals surface area contributed by atoms with Crippen molar-refractivity contribution in [2.75, 3.05) is 19.5 Å². The molecule has 0 aliphatic carbocycles. The van der Waals surface area contributed by atoms with Crippen LogP contribution in [0.15, 0.2) is 59.3 Å². The number of pyridine rings is 1. The predicted octanol–water partition coefficient (Wildman–Crippen LogP) is 3.03. The van der Waals surface area contributed by atoms with Crippen LogP contribution < -0.4 is 19.8 Å². The molecule has 0 atom stereocenters. The van der Waals surface area contributed by atoms with Crippen LogP contribution in [0.4, 0.5) is 5.69 Å². The van der Waals surface area contributed by atoms with Crippen LogP contribution in [0, 0.1) is 0 Å². The van der Waals surface area contributed by atoms with Crippen molar-refractivity contribution in [3.8, 4) is 22.8 Å². The number of carbonyl (C=O) groups is 1. The maximum Gasteiger partial charge on any atom is 0.291 e. The van der Waals surface area contributed by atoms with Crippen LogP contribution in [0.25, 0.3) is 11.3 Å². The zero-order chi connectivity index (χ0) is 16.9. The molecule has 6 heteroatoms. The Morgan fingerprint density at radius 3 is 2.62 bits per heavy atom. The van der Waals surface area contributed by atoms with Crippen molar-refractivity contribution in [2.45, 2.75) is 0 Å². The van der Waals surface area contributed by atoms with Crippen molar-refractivity contribution in [3.63, 3.8) is 0 Å². The number of furan rings is 1. The molecule has 0 saturated heterocycles. The maximum absolute atomic E-state index is 12.2. The first-order valence-corrected chi connectivity index (χ1v) is 7.31. The Bertz CT molecular complexity index is 843. The van der Waals surface area contributed by atoms with Crippen LogP contribution in [-0.2, 0) is 0 Å². The van der Waals surface area contributed by atoms with Gasteiger partial charge >= 0.3 is 0 Å². The number of nitrogens with one attached hydrogen (secondary N) is 2. The fourth-order valence-corrected chi connectivity index (χ4v) is 2.27. The molecule has 0 fully saturated rings. The molecule has 0 saturated carbocycles. The predicted molar refractivity (Wildman–Crippen MR) is 88.2 cm³/mol. The van der Waals surface area contributed by atoms with Gasteiger partial charge in [0.1, 0.15) is 11.4 Å². The zero-order valence-corrected chi connectivity index (χ0v) is 13.3. The summed E-state index contributed by atoms with van der Waals surface area (Å²) in [5.41, 5.74) is 1.45. The molecular weight excluding hydrogens is 308 g/mol. The first-order chi connectivity index (χ1) is 11.7. The summed E-state index contributed by atoms with van der Waals surface area (Å²) in [4.78, 5) is 15.1. The number of aromatic amines is 1. The Balaban J connectivity index is 1.81. The number of benzene rings is 1. The second-order valence-electron chi connectivity index (χ2n) is 4.98. The lowest BCUT2D eigenvalue weighted by Gasteiger charge is -2.08. The van der Waals surface area contributed by atoms with Gasteiger partial charge in [0.15, 0.2) is 29.7 Å². The second kappa shape index (κ2) is 6.87. The van der Waals surface area contributed by atoms with E-state index in [0.717, 1.165) is 5.56 Å². The van der Waals surface area contributed by atoms with Crippen molar-refractivity contribution in [1.29, 1.82) is 0 Å². The minimum atomic E-state index is -0.318. The molecule has 3 rings (SSSR count). The van der Waals surface area contributed by atoms with Crippen LogP contribution in [0.1, 0.15) is 10.6 Å². The number of anilines is 1. The third-order valence-electron chi connectivity index (χ3n) is 3.46. The molecule has 122 valence electrons. The highest BCUT2D eigenvalue weighted by molar-refractivity contribution is 6.02. The molecule has 0 aliphatic rings. The van der Waals surface area contributed by atoms with Crippen molar-refractivity contribution in [3.05, 3.63) is 60.6 Å². The third kappa shape index (κ3) is 3.22. The van der Waals surface area contributed by atoms with Gasteiger partial charge in [0.25, 0.3) is 5.91 Å². The number of aromatic nitrogens is 1. The molecule has 6 nitrogen and oxygen atoms in total. The van der Waals surface area contributed by atoms with Gasteiger partial charge in [-0.15, -0.1) is 0 Å². The van der Waals surface area contributed by atoms with E-state index < -0.39 is 0 Å². The van der Waals surface area contributed by atoms with Crippen molar-refractivity contribution in [2.24, 2.45) is 0 Å². The van der Waals surface area contributed by atoms with Crippen LogP contribution in [-0.4, -0.2) is 20.1 Å². The van der Waals surface area contributed by atoms with Gasteiger partial charge in [0, 0.05) is 11.6 Å². The first-order valence-electron chi connectivity index (χ1n) is 7.31. The quantitative estimate of drug-likeness (QED) is 0.782. The minimum absolute atomic E-state index is 0.226. The molecule has 1 aromatic carbocycles. The summed E-state index contributed by atoms with van der Waals surface area (Å²) in [7, 11) is 3.15. The maximum atomic E-state index is 12.2. The van der Waals surface area contributed by atoms with Crippen LogP contribution in [0.3, 0.4) is 0 Å². The molecule has 24 heavy (non-hydrogen) atoms. The molecule has 0 aliphatic heterocycles. The number of hydrogen-bond donors (Lipinski definition) is 1. The number of rotatable bonds is 5. The highest BCUT2D eigenvalue weighted by Gasteiger charge is 2.14. The molecule has 3 aromatic rings. The van der Waals surface area contributed by atoms with E-state index >= 15 is 0 Å². The summed E-state index contributed by atoms with van der Waals surface area (Å²) < 4.78 is 16.2. The molecular formula is C18H17N2O4+. The molecule has 0 bridgehead atoms. The lowest BCUT2D eigenvalue weighted by atomic mass is 10.1. The van der Waals surface area contributed by atoms with Crippen molar-refractivity contribution in [1.82, 2.24) is 0 Å². The van der Waals surface area contributed by atoms with E-state index in [0.29, 0.717) is 22.9 Å². The fourth-order valence-electron chi connectivity index (χ4n) is 2.27. The molecule has 2 N–H and O–H groups in total. The molecule has 0 radical (unpaired) electrons. The smallest absolute Gasteiger partial charge is 0.291 e. The summed E-state index contributed by atoms with van der Waals surface area (Å²) in [5.74, 6) is 1.70. The third-order valence-corrected chi connectivity index (χ3v) is 3.46. The number of methoxy groups -OCH3 is 2. The zero-order valence-electron chi connectivity index (χ0n) is 13.3. The van der Waals surface area contributed by atoms with Crippen LogP contribution >= 0.6 is 0 Å². The van der Waals surface area contributed by atoms with Gasteiger partial charge in [0.2, 0.25) is 0 Å². The first kappa shape index (κ1) is 15.6. The largest absolute Gasteiger partial charge is 0.493 e. The number of H-pyrrole nitrogens is 1. The molecule has 1 amide bonds. The normalized spacial score (nSPS) is 10.2. The minimum Gasteiger partial charge on any atom is -0.493 e. The number of amides is 1. The molecule has 2 heterocycles. The monoisotopic (exact) mass is 325 g/mol. The highest BCUT2D eigenvalue weighted by Crippen LogP contribution is 2.33. The average Bonchev–Trinajstić information content (AvgIpc) is 3.12. The standard InChI is InChI=1S/C18H16N2O4/c1-22-15-6-5-12(10-17(15)23-2)14-7-8-16(24-14)18(21)20-13-4-3-9-19-11-13/h3-11H,1-2H3,(H,20,21)/p+1. The number of carbonyl (C=O) groups excluding carboxylic acids is 1. The Morgan fingerprint density at radius 2 is 1.92 bits per heavy atom. The van der Waals surface area contributed by atoms with E-state index in [9.17, 15) is 4.79 Å². The molecule has 2 aromatic heterocycles. The Hall–Kier alpha value is -3.28. The summed E-state index contributed by atoms with van der Waals surface area (Å²) in [5, 5.41) is 2.76. The van der Waals surface area contributed by atoms with Crippen molar-refractivity contribution >= 4 is 11.6 Å². The summed E-state index contributed by atoms with van der Waals surface area (Å²) >= 11 is 0. The topological polar surface area (TPSA) is 74.8 Å². The van der Waals surface area contributed by atoms with E-state index in [4.69, 9.17) is 13.9 Å². The van der Waals surface area contributed by atoms with E-state index in [-0.39, 0.29) is 11.7 Å². The van der Waals surface area contributed by atoms with Gasteiger partial charge in [-0.1, -0.05) is 0 Å². The van der Waals surface area contributed by atoms with Crippen molar-refractivity contribution < 1.29 is 23.7 Å². The van der Waals surface area contributed by atoms with E-state index in [1.807, 2.05) is 6.07 Å². The highest BCUT2D eigenvalue weighted by atomic mass is 16.5. The lowest BCUT2D eigenvalue weighted by molar-refractivity contribution is -0.377. The second-order valence-corrected chi connectivity index (χ2v) is 4.98. The van der Waals surface area contributed by atoms with E-state index in [2.05, 4.69) is 10.3 Å². The number of hydrogen-bond acceptors (Lipinski definition) is 4. The van der Waals surface area contributed by atoms with Gasteiger partial charge in [0.05, 0.1) is 14.2 Å². The van der Waals surface area contributed by atoms with Gasteiger partial charge < -0.3 is 19.2 Å². The fraction of sp³-hybridized carbons (Fsp3) is 0.111. The lowest BCUT2D eigenvalue weighted by Crippen LogP contribution is -2.12. The van der Waals surface area contributed by atoms with E-state index in [1.165, 1.54) is 0 Å². The van der Waals surface area contributed by atoms with Crippen LogP contribution in [0.5, 0.6) is 11.5 Å². The molecule has 0 spiro atoms. The van der Waals surface area contributed by atoms with E-state index in [1.54, 1.807) is 63.0 Å². The summed E-state index contributed by atoms with van der Waals surface area (Å²) in [6, 6.07) is 12.4. The summed E-state index contributed by atoms with van der Waals surface area (Å²) in [6.07, 6.45) is 3.45. The van der Waals surface area contributed by atoms with Gasteiger partial charge in [-0.25, -0.2) is 4.98 Å². The average molecular weight is 325 g/mol. The van der Waals surface area contributed by atoms with Crippen LogP contribution in [0.2, 0.25) is 0 Å². The van der Waals surface area contributed by atoms with Gasteiger partial charge in [-0.2, -0.15) is 0 Å². The number of ether oxygens (including phenoxy) is 2. The van der Waals surface area contributed by atoms with Gasteiger partial charge in [-0.3, -0.25) is 4.79 Å². The SMILES string of the molecule is COc1ccc(-c2ccc(C(=O)Nc3ccc[nH+]c3)o2)cc1OC. The summed E-state index contributed by atoms with van der Waals surface area (Å²) in [6.45, 7) is 0. The van der Waals surface area contributed by atoms with Gasteiger partial charge in [-0.05, 0) is 36.4 Å². The molecule has 0 unspecified atom stereocenters.